The van der Waals surface area contributed by atoms with E-state index in [4.69, 9.17) is 4.74 Å². The van der Waals surface area contributed by atoms with Crippen LogP contribution in [0.5, 0.6) is 5.75 Å². The Balaban J connectivity index is 2.61. The van der Waals surface area contributed by atoms with E-state index in [2.05, 4.69) is 17.1 Å². The molecule has 0 bridgehead atoms. The van der Waals surface area contributed by atoms with Crippen molar-refractivity contribution in [3.63, 3.8) is 0 Å². The van der Waals surface area contributed by atoms with Gasteiger partial charge in [0.1, 0.15) is 5.75 Å². The molecule has 2 rings (SSSR count). The van der Waals surface area contributed by atoms with E-state index < -0.39 is 0 Å². The fraction of sp³-hybridized carbons (Fsp3) is 0.154. The van der Waals surface area contributed by atoms with Gasteiger partial charge in [0.05, 0.1) is 7.11 Å². The molecule has 0 saturated heterocycles. The first-order chi connectivity index (χ1) is 7.33. The van der Waals surface area contributed by atoms with Gasteiger partial charge in [-0.05, 0) is 18.6 Å². The van der Waals surface area contributed by atoms with Crippen molar-refractivity contribution in [2.75, 3.05) is 7.11 Å². The summed E-state index contributed by atoms with van der Waals surface area (Å²) in [7, 11) is 1.68. The van der Waals surface area contributed by atoms with E-state index in [-0.39, 0.29) is 0 Å². The molecule has 0 saturated carbocycles. The topological polar surface area (TPSA) is 22.1 Å². The largest absolute Gasteiger partial charge is 0.496 e. The third-order valence-corrected chi connectivity index (χ3v) is 2.38. The molecule has 0 aliphatic rings. The number of benzene rings is 1. The Morgan fingerprint density at radius 2 is 1.80 bits per heavy atom. The SMILES string of the molecule is COc1ccnc(C)c1-c1ccccc1. The second-order valence-corrected chi connectivity index (χ2v) is 3.34. The third kappa shape index (κ3) is 1.84. The van der Waals surface area contributed by atoms with E-state index in [0.29, 0.717) is 0 Å². The molecule has 1 heterocycles. The summed E-state index contributed by atoms with van der Waals surface area (Å²) in [6, 6.07) is 12.0. The number of hydrogen-bond acceptors (Lipinski definition) is 2. The molecule has 1 aromatic carbocycles. The van der Waals surface area contributed by atoms with Crippen molar-refractivity contribution in [2.45, 2.75) is 6.92 Å². The average molecular weight is 199 g/mol. The smallest absolute Gasteiger partial charge is 0.130 e. The molecule has 0 aliphatic heterocycles. The number of aromatic nitrogens is 1. The first kappa shape index (κ1) is 9.71. The van der Waals surface area contributed by atoms with Gasteiger partial charge < -0.3 is 4.74 Å². The van der Waals surface area contributed by atoms with Crippen molar-refractivity contribution in [3.05, 3.63) is 48.3 Å². The monoisotopic (exact) mass is 199 g/mol. The normalized spacial score (nSPS) is 10.0. The van der Waals surface area contributed by atoms with Crippen LogP contribution in [0.4, 0.5) is 0 Å². The molecule has 2 heteroatoms. The third-order valence-electron chi connectivity index (χ3n) is 2.38. The highest BCUT2D eigenvalue weighted by Crippen LogP contribution is 2.31. The Hall–Kier alpha value is -1.83. The zero-order valence-electron chi connectivity index (χ0n) is 8.90. The molecule has 0 N–H and O–H groups in total. The molecule has 0 spiro atoms. The maximum absolute atomic E-state index is 5.34. The van der Waals surface area contributed by atoms with Crippen molar-refractivity contribution in [1.82, 2.24) is 4.98 Å². The lowest BCUT2D eigenvalue weighted by molar-refractivity contribution is 0.415. The Labute approximate surface area is 89.6 Å². The highest BCUT2D eigenvalue weighted by molar-refractivity contribution is 5.72. The van der Waals surface area contributed by atoms with Gasteiger partial charge in [0.15, 0.2) is 0 Å². The molecule has 0 radical (unpaired) electrons. The van der Waals surface area contributed by atoms with Gasteiger partial charge in [0.25, 0.3) is 0 Å². The lowest BCUT2D eigenvalue weighted by Crippen LogP contribution is -1.92. The molecule has 2 aromatic rings. The zero-order valence-corrected chi connectivity index (χ0v) is 8.90. The minimum absolute atomic E-state index is 0.869. The van der Waals surface area contributed by atoms with Crippen LogP contribution in [0.3, 0.4) is 0 Å². The first-order valence-electron chi connectivity index (χ1n) is 4.88. The molecular formula is C13H13NO. The van der Waals surface area contributed by atoms with E-state index in [1.54, 1.807) is 13.3 Å². The maximum atomic E-state index is 5.34. The summed E-state index contributed by atoms with van der Waals surface area (Å²) in [5, 5.41) is 0. The molecule has 2 nitrogen and oxygen atoms in total. The highest BCUT2D eigenvalue weighted by Gasteiger charge is 2.08. The van der Waals surface area contributed by atoms with E-state index in [1.165, 1.54) is 0 Å². The van der Waals surface area contributed by atoms with Gasteiger partial charge in [0, 0.05) is 17.5 Å². The van der Waals surface area contributed by atoms with Crippen LogP contribution in [0.25, 0.3) is 11.1 Å². The van der Waals surface area contributed by atoms with Crippen LogP contribution in [0.2, 0.25) is 0 Å². The van der Waals surface area contributed by atoms with Gasteiger partial charge in [-0.15, -0.1) is 0 Å². The summed E-state index contributed by atoms with van der Waals surface area (Å²) in [5.74, 6) is 0.869. The van der Waals surface area contributed by atoms with Crippen molar-refractivity contribution in [1.29, 1.82) is 0 Å². The van der Waals surface area contributed by atoms with Gasteiger partial charge in [-0.2, -0.15) is 0 Å². The minimum atomic E-state index is 0.869. The van der Waals surface area contributed by atoms with Gasteiger partial charge >= 0.3 is 0 Å². The highest BCUT2D eigenvalue weighted by atomic mass is 16.5. The number of ether oxygens (including phenoxy) is 1. The summed E-state index contributed by atoms with van der Waals surface area (Å²) >= 11 is 0. The summed E-state index contributed by atoms with van der Waals surface area (Å²) in [5.41, 5.74) is 3.20. The number of aryl methyl sites for hydroxylation is 1. The van der Waals surface area contributed by atoms with Gasteiger partial charge in [-0.1, -0.05) is 30.3 Å². The maximum Gasteiger partial charge on any atom is 0.130 e. The average Bonchev–Trinajstić information content (AvgIpc) is 2.29. The predicted molar refractivity (Wildman–Crippen MR) is 61.0 cm³/mol. The quantitative estimate of drug-likeness (QED) is 0.741. The predicted octanol–water partition coefficient (Wildman–Crippen LogP) is 3.07. The number of hydrogen-bond donors (Lipinski definition) is 0. The number of pyridine rings is 1. The van der Waals surface area contributed by atoms with Gasteiger partial charge in [-0.25, -0.2) is 0 Å². The molecule has 0 atom stereocenters. The minimum Gasteiger partial charge on any atom is -0.496 e. The molecular weight excluding hydrogens is 186 g/mol. The number of nitrogens with zero attached hydrogens (tertiary/aromatic N) is 1. The molecule has 1 aromatic heterocycles. The Morgan fingerprint density at radius 3 is 2.47 bits per heavy atom. The lowest BCUT2D eigenvalue weighted by Gasteiger charge is -2.10. The Morgan fingerprint density at radius 1 is 1.07 bits per heavy atom. The molecule has 0 fully saturated rings. The summed E-state index contributed by atoms with van der Waals surface area (Å²) in [6.45, 7) is 1.99. The van der Waals surface area contributed by atoms with E-state index in [9.17, 15) is 0 Å². The summed E-state index contributed by atoms with van der Waals surface area (Å²) < 4.78 is 5.34. The number of rotatable bonds is 2. The summed E-state index contributed by atoms with van der Waals surface area (Å²) in [4.78, 5) is 4.28. The molecule has 15 heavy (non-hydrogen) atoms. The van der Waals surface area contributed by atoms with Crippen LogP contribution >= 0.6 is 0 Å². The Bertz CT molecular complexity index is 451. The van der Waals surface area contributed by atoms with Crippen LogP contribution < -0.4 is 4.74 Å². The first-order valence-corrected chi connectivity index (χ1v) is 4.88. The second-order valence-electron chi connectivity index (χ2n) is 3.34. The fourth-order valence-corrected chi connectivity index (χ4v) is 1.67. The molecule has 0 aliphatic carbocycles. The van der Waals surface area contributed by atoms with Crippen LogP contribution in [0.15, 0.2) is 42.6 Å². The fourth-order valence-electron chi connectivity index (χ4n) is 1.67. The van der Waals surface area contributed by atoms with E-state index in [1.807, 2.05) is 31.2 Å². The van der Waals surface area contributed by atoms with Crippen molar-refractivity contribution < 1.29 is 4.74 Å². The van der Waals surface area contributed by atoms with Gasteiger partial charge in [-0.3, -0.25) is 4.98 Å². The molecule has 76 valence electrons. The van der Waals surface area contributed by atoms with Crippen LogP contribution in [-0.2, 0) is 0 Å². The summed E-state index contributed by atoms with van der Waals surface area (Å²) in [6.07, 6.45) is 1.76. The lowest BCUT2D eigenvalue weighted by atomic mass is 10.0. The van der Waals surface area contributed by atoms with E-state index >= 15 is 0 Å². The molecule has 0 amide bonds. The molecule has 0 unspecified atom stereocenters. The van der Waals surface area contributed by atoms with Crippen LogP contribution in [-0.4, -0.2) is 12.1 Å². The van der Waals surface area contributed by atoms with Crippen LogP contribution in [0, 0.1) is 6.92 Å². The zero-order chi connectivity index (χ0) is 10.7. The van der Waals surface area contributed by atoms with Crippen molar-refractivity contribution in [2.24, 2.45) is 0 Å². The van der Waals surface area contributed by atoms with Crippen molar-refractivity contribution in [3.8, 4) is 16.9 Å². The van der Waals surface area contributed by atoms with Crippen molar-refractivity contribution >= 4 is 0 Å². The van der Waals surface area contributed by atoms with Crippen LogP contribution in [0.1, 0.15) is 5.69 Å². The van der Waals surface area contributed by atoms with E-state index in [0.717, 1.165) is 22.6 Å². The Kier molecular flexibility index (Phi) is 2.68. The standard InChI is InChI=1S/C13H13NO/c1-10-13(11-6-4-3-5-7-11)12(15-2)8-9-14-10/h3-9H,1-2H3. The second kappa shape index (κ2) is 4.13. The number of methoxy groups -OCH3 is 1. The van der Waals surface area contributed by atoms with Gasteiger partial charge in [0.2, 0.25) is 0 Å².